The van der Waals surface area contributed by atoms with Gasteiger partial charge in [0.15, 0.2) is 0 Å². The van der Waals surface area contributed by atoms with Crippen LogP contribution in [0.1, 0.15) is 19.3 Å². The van der Waals surface area contributed by atoms with Crippen molar-refractivity contribution in [2.45, 2.75) is 29.1 Å². The Kier molecular flexibility index (Phi) is 5.71. The van der Waals surface area contributed by atoms with Gasteiger partial charge in [-0.3, -0.25) is 4.72 Å². The SMILES string of the molecule is O=S(=O)(Nc1cccc(Br)c1)c1ccc(S(=O)(=O)N2CCCCC2)cc1. The smallest absolute Gasteiger partial charge is 0.261 e. The van der Waals surface area contributed by atoms with Crippen LogP contribution in [-0.4, -0.2) is 34.2 Å². The van der Waals surface area contributed by atoms with Crippen molar-refractivity contribution in [2.24, 2.45) is 0 Å². The molecule has 6 nitrogen and oxygen atoms in total. The molecular formula is C17H19BrN2O4S2. The van der Waals surface area contributed by atoms with Crippen LogP contribution in [0.25, 0.3) is 0 Å². The first-order valence-corrected chi connectivity index (χ1v) is 11.9. The monoisotopic (exact) mass is 458 g/mol. The average Bonchev–Trinajstić information content (AvgIpc) is 2.62. The first kappa shape index (κ1) is 19.3. The molecule has 0 unspecified atom stereocenters. The highest BCUT2D eigenvalue weighted by molar-refractivity contribution is 9.10. The molecule has 1 N–H and O–H groups in total. The van der Waals surface area contributed by atoms with Crippen LogP contribution in [0, 0.1) is 0 Å². The first-order valence-electron chi connectivity index (χ1n) is 8.18. The van der Waals surface area contributed by atoms with Gasteiger partial charge in [0.1, 0.15) is 0 Å². The molecule has 0 spiro atoms. The van der Waals surface area contributed by atoms with E-state index in [2.05, 4.69) is 20.7 Å². The van der Waals surface area contributed by atoms with Gasteiger partial charge in [0.25, 0.3) is 10.0 Å². The summed E-state index contributed by atoms with van der Waals surface area (Å²) in [5, 5.41) is 0. The van der Waals surface area contributed by atoms with Crippen molar-refractivity contribution >= 4 is 41.7 Å². The van der Waals surface area contributed by atoms with E-state index in [0.29, 0.717) is 18.8 Å². The van der Waals surface area contributed by atoms with Crippen molar-refractivity contribution in [2.75, 3.05) is 17.8 Å². The van der Waals surface area contributed by atoms with Crippen molar-refractivity contribution < 1.29 is 16.8 Å². The zero-order chi connectivity index (χ0) is 18.8. The van der Waals surface area contributed by atoms with Crippen LogP contribution in [-0.2, 0) is 20.0 Å². The van der Waals surface area contributed by atoms with E-state index in [0.717, 1.165) is 23.7 Å². The number of sulfonamides is 2. The lowest BCUT2D eigenvalue weighted by Gasteiger charge is -2.25. The molecule has 1 fully saturated rings. The highest BCUT2D eigenvalue weighted by Gasteiger charge is 2.26. The third kappa shape index (κ3) is 4.28. The van der Waals surface area contributed by atoms with Gasteiger partial charge in [-0.05, 0) is 55.3 Å². The summed E-state index contributed by atoms with van der Waals surface area (Å²) in [6.45, 7) is 1.01. The number of benzene rings is 2. The van der Waals surface area contributed by atoms with E-state index in [1.165, 1.54) is 28.6 Å². The second kappa shape index (κ2) is 7.67. The van der Waals surface area contributed by atoms with Crippen LogP contribution in [0.2, 0.25) is 0 Å². The Labute approximate surface area is 162 Å². The molecule has 140 valence electrons. The maximum absolute atomic E-state index is 12.6. The Morgan fingerprint density at radius 1 is 0.846 bits per heavy atom. The molecule has 0 amide bonds. The molecule has 0 aromatic heterocycles. The molecule has 3 rings (SSSR count). The summed E-state index contributed by atoms with van der Waals surface area (Å²) in [5.41, 5.74) is 0.421. The van der Waals surface area contributed by atoms with Crippen LogP contribution in [0.4, 0.5) is 5.69 Å². The summed E-state index contributed by atoms with van der Waals surface area (Å²) < 4.78 is 54.9. The summed E-state index contributed by atoms with van der Waals surface area (Å²) in [6, 6.07) is 12.1. The summed E-state index contributed by atoms with van der Waals surface area (Å²) in [4.78, 5) is 0.121. The molecule has 0 atom stereocenters. The maximum Gasteiger partial charge on any atom is 0.261 e. The second-order valence-corrected chi connectivity index (χ2v) is 10.6. The first-order chi connectivity index (χ1) is 12.3. The molecule has 0 bridgehead atoms. The molecule has 2 aromatic carbocycles. The molecule has 1 saturated heterocycles. The van der Waals surface area contributed by atoms with Crippen LogP contribution >= 0.6 is 15.9 Å². The van der Waals surface area contributed by atoms with E-state index >= 15 is 0 Å². The average molecular weight is 459 g/mol. The minimum absolute atomic E-state index is 0.00932. The summed E-state index contributed by atoms with van der Waals surface area (Å²) in [5.74, 6) is 0. The molecule has 1 aliphatic heterocycles. The van der Waals surface area contributed by atoms with Gasteiger partial charge in [-0.1, -0.05) is 28.4 Å². The third-order valence-corrected chi connectivity index (χ3v) is 7.97. The number of hydrogen-bond acceptors (Lipinski definition) is 4. The van der Waals surface area contributed by atoms with Crippen molar-refractivity contribution in [1.82, 2.24) is 4.31 Å². The molecule has 26 heavy (non-hydrogen) atoms. The van der Waals surface area contributed by atoms with Crippen molar-refractivity contribution in [3.63, 3.8) is 0 Å². The van der Waals surface area contributed by atoms with E-state index < -0.39 is 20.0 Å². The molecular weight excluding hydrogens is 440 g/mol. The van der Waals surface area contributed by atoms with Gasteiger partial charge in [0.05, 0.1) is 9.79 Å². The van der Waals surface area contributed by atoms with Crippen LogP contribution in [0.15, 0.2) is 62.8 Å². The minimum atomic E-state index is -3.80. The van der Waals surface area contributed by atoms with Gasteiger partial charge < -0.3 is 0 Å². The van der Waals surface area contributed by atoms with Gasteiger partial charge in [-0.2, -0.15) is 4.31 Å². The number of piperidine rings is 1. The molecule has 2 aromatic rings. The fraction of sp³-hybridized carbons (Fsp3) is 0.294. The lowest BCUT2D eigenvalue weighted by Crippen LogP contribution is -2.35. The Morgan fingerprint density at radius 2 is 1.46 bits per heavy atom. The fourth-order valence-electron chi connectivity index (χ4n) is 2.81. The second-order valence-electron chi connectivity index (χ2n) is 6.05. The number of nitrogens with zero attached hydrogens (tertiary/aromatic N) is 1. The number of halogens is 1. The zero-order valence-electron chi connectivity index (χ0n) is 13.9. The fourth-order valence-corrected chi connectivity index (χ4v) is 5.78. The van der Waals surface area contributed by atoms with Gasteiger partial charge in [-0.15, -0.1) is 0 Å². The molecule has 1 aliphatic rings. The number of anilines is 1. The van der Waals surface area contributed by atoms with Gasteiger partial charge in [0.2, 0.25) is 10.0 Å². The highest BCUT2D eigenvalue weighted by atomic mass is 79.9. The largest absolute Gasteiger partial charge is 0.280 e. The van der Waals surface area contributed by atoms with E-state index in [4.69, 9.17) is 0 Å². The number of hydrogen-bond donors (Lipinski definition) is 1. The standard InChI is InChI=1S/C17H19BrN2O4S2/c18-14-5-4-6-15(13-14)19-25(21,22)16-7-9-17(10-8-16)26(23,24)20-11-2-1-3-12-20/h4-10,13,19H,1-3,11-12H2. The normalized spacial score (nSPS) is 16.3. The zero-order valence-corrected chi connectivity index (χ0v) is 17.1. The van der Waals surface area contributed by atoms with E-state index in [-0.39, 0.29) is 9.79 Å². The van der Waals surface area contributed by atoms with Crippen LogP contribution < -0.4 is 4.72 Å². The van der Waals surface area contributed by atoms with Crippen LogP contribution in [0.3, 0.4) is 0 Å². The van der Waals surface area contributed by atoms with E-state index in [9.17, 15) is 16.8 Å². The van der Waals surface area contributed by atoms with E-state index in [1.54, 1.807) is 24.3 Å². The lowest BCUT2D eigenvalue weighted by atomic mass is 10.2. The number of rotatable bonds is 5. The molecule has 0 saturated carbocycles. The maximum atomic E-state index is 12.6. The van der Waals surface area contributed by atoms with Crippen molar-refractivity contribution in [1.29, 1.82) is 0 Å². The Hall–Kier alpha value is -1.42. The highest BCUT2D eigenvalue weighted by Crippen LogP contribution is 2.23. The third-order valence-electron chi connectivity index (χ3n) is 4.16. The Morgan fingerprint density at radius 3 is 2.08 bits per heavy atom. The quantitative estimate of drug-likeness (QED) is 0.743. The van der Waals surface area contributed by atoms with E-state index in [1.807, 2.05) is 0 Å². The number of nitrogens with one attached hydrogen (secondary N) is 1. The van der Waals surface area contributed by atoms with Gasteiger partial charge in [-0.25, -0.2) is 16.8 Å². The summed E-state index contributed by atoms with van der Waals surface area (Å²) in [6.07, 6.45) is 2.73. The Balaban J connectivity index is 1.82. The van der Waals surface area contributed by atoms with Gasteiger partial charge >= 0.3 is 0 Å². The molecule has 0 radical (unpaired) electrons. The molecule has 9 heteroatoms. The predicted octanol–water partition coefficient (Wildman–Crippen LogP) is 3.42. The summed E-state index contributed by atoms with van der Waals surface area (Å²) in [7, 11) is -7.37. The topological polar surface area (TPSA) is 83.5 Å². The van der Waals surface area contributed by atoms with Crippen molar-refractivity contribution in [3.05, 3.63) is 53.0 Å². The molecule has 0 aliphatic carbocycles. The Bertz CT molecular complexity index is 984. The minimum Gasteiger partial charge on any atom is -0.280 e. The lowest BCUT2D eigenvalue weighted by molar-refractivity contribution is 0.346. The summed E-state index contributed by atoms with van der Waals surface area (Å²) >= 11 is 3.29. The predicted molar refractivity (Wildman–Crippen MR) is 104 cm³/mol. The van der Waals surface area contributed by atoms with Gasteiger partial charge in [0, 0.05) is 23.2 Å². The van der Waals surface area contributed by atoms with Crippen molar-refractivity contribution in [3.8, 4) is 0 Å². The van der Waals surface area contributed by atoms with Crippen LogP contribution in [0.5, 0.6) is 0 Å². The molecule has 1 heterocycles.